The summed E-state index contributed by atoms with van der Waals surface area (Å²) in [5, 5.41) is 10.3. The lowest BCUT2D eigenvalue weighted by atomic mass is 9.99. The van der Waals surface area contributed by atoms with Gasteiger partial charge in [0.1, 0.15) is 5.92 Å². The van der Waals surface area contributed by atoms with Crippen molar-refractivity contribution < 1.29 is 9.72 Å². The Bertz CT molecular complexity index is 351. The first-order valence-electron chi connectivity index (χ1n) is 4.54. The molecule has 5 heteroatoms. The van der Waals surface area contributed by atoms with Gasteiger partial charge >= 0.3 is 0 Å². The molecular formula is C10H12N2O3. The summed E-state index contributed by atoms with van der Waals surface area (Å²) in [5.74, 6) is -1.36. The first kappa shape index (κ1) is 11.2. The summed E-state index contributed by atoms with van der Waals surface area (Å²) < 4.78 is 0. The van der Waals surface area contributed by atoms with Gasteiger partial charge in [-0.2, -0.15) is 0 Å². The minimum Gasteiger partial charge on any atom is -0.369 e. The Labute approximate surface area is 87.0 Å². The van der Waals surface area contributed by atoms with E-state index >= 15 is 0 Å². The number of benzene rings is 1. The quantitative estimate of drug-likeness (QED) is 0.568. The van der Waals surface area contributed by atoms with Gasteiger partial charge in [-0.05, 0) is 12.0 Å². The van der Waals surface area contributed by atoms with Crippen LogP contribution < -0.4 is 5.73 Å². The molecule has 1 rings (SSSR count). The van der Waals surface area contributed by atoms with E-state index in [4.69, 9.17) is 5.73 Å². The molecule has 2 N–H and O–H groups in total. The Morgan fingerprint density at radius 2 is 2.00 bits per heavy atom. The SMILES string of the molecule is NC(=O)[C@@H](Cc1ccccc1)C[N+](=O)[O-]. The van der Waals surface area contributed by atoms with Gasteiger partial charge in [0.05, 0.1) is 0 Å². The molecule has 0 aliphatic heterocycles. The topological polar surface area (TPSA) is 86.2 Å². The van der Waals surface area contributed by atoms with Crippen LogP contribution in [-0.2, 0) is 11.2 Å². The Hall–Kier alpha value is -1.91. The molecule has 0 spiro atoms. The molecule has 0 saturated heterocycles. The van der Waals surface area contributed by atoms with Crippen molar-refractivity contribution in [1.29, 1.82) is 0 Å². The molecule has 0 aliphatic rings. The smallest absolute Gasteiger partial charge is 0.227 e. The number of hydrogen-bond acceptors (Lipinski definition) is 3. The van der Waals surface area contributed by atoms with Crippen LogP contribution in [0, 0.1) is 16.0 Å². The number of nitrogens with two attached hydrogens (primary N) is 1. The maximum atomic E-state index is 11.0. The van der Waals surface area contributed by atoms with Crippen LogP contribution in [0.15, 0.2) is 30.3 Å². The van der Waals surface area contributed by atoms with Crippen LogP contribution in [0.4, 0.5) is 0 Å². The lowest BCUT2D eigenvalue weighted by Crippen LogP contribution is -2.31. The Balaban J connectivity index is 2.67. The van der Waals surface area contributed by atoms with Crippen LogP contribution in [0.5, 0.6) is 0 Å². The lowest BCUT2D eigenvalue weighted by Gasteiger charge is -2.08. The number of nitro groups is 1. The van der Waals surface area contributed by atoms with Crippen molar-refractivity contribution in [3.05, 3.63) is 46.0 Å². The second-order valence-electron chi connectivity index (χ2n) is 3.30. The molecule has 0 fully saturated rings. The second-order valence-corrected chi connectivity index (χ2v) is 3.30. The zero-order chi connectivity index (χ0) is 11.3. The molecule has 15 heavy (non-hydrogen) atoms. The zero-order valence-electron chi connectivity index (χ0n) is 8.13. The van der Waals surface area contributed by atoms with E-state index < -0.39 is 23.3 Å². The third-order valence-electron chi connectivity index (χ3n) is 2.10. The summed E-state index contributed by atoms with van der Waals surface area (Å²) in [6, 6.07) is 9.11. The lowest BCUT2D eigenvalue weighted by molar-refractivity contribution is -0.485. The first-order valence-corrected chi connectivity index (χ1v) is 4.54. The highest BCUT2D eigenvalue weighted by atomic mass is 16.6. The molecule has 5 nitrogen and oxygen atoms in total. The van der Waals surface area contributed by atoms with Crippen molar-refractivity contribution in [2.45, 2.75) is 6.42 Å². The second kappa shape index (κ2) is 5.09. The Morgan fingerprint density at radius 1 is 1.40 bits per heavy atom. The van der Waals surface area contributed by atoms with Gasteiger partial charge < -0.3 is 5.73 Å². The number of nitrogens with zero attached hydrogens (tertiary/aromatic N) is 1. The number of hydrogen-bond donors (Lipinski definition) is 1. The average molecular weight is 208 g/mol. The highest BCUT2D eigenvalue weighted by Crippen LogP contribution is 2.08. The fourth-order valence-corrected chi connectivity index (χ4v) is 1.33. The largest absolute Gasteiger partial charge is 0.369 e. The summed E-state index contributed by atoms with van der Waals surface area (Å²) in [5.41, 5.74) is 5.97. The molecule has 0 heterocycles. The molecule has 0 radical (unpaired) electrons. The number of carbonyl (C=O) groups excluding carboxylic acids is 1. The van der Waals surface area contributed by atoms with Gasteiger partial charge in [-0.25, -0.2) is 0 Å². The highest BCUT2D eigenvalue weighted by Gasteiger charge is 2.21. The summed E-state index contributed by atoms with van der Waals surface area (Å²) >= 11 is 0. The monoisotopic (exact) mass is 208 g/mol. The van der Waals surface area contributed by atoms with Crippen LogP contribution in [-0.4, -0.2) is 17.4 Å². The number of carbonyl (C=O) groups is 1. The Kier molecular flexibility index (Phi) is 3.79. The van der Waals surface area contributed by atoms with Crippen molar-refractivity contribution in [3.63, 3.8) is 0 Å². The molecule has 1 amide bonds. The van der Waals surface area contributed by atoms with E-state index in [0.717, 1.165) is 5.56 Å². The van der Waals surface area contributed by atoms with Crippen LogP contribution in [0.25, 0.3) is 0 Å². The van der Waals surface area contributed by atoms with E-state index in [1.54, 1.807) is 0 Å². The van der Waals surface area contributed by atoms with E-state index in [1.807, 2.05) is 30.3 Å². The van der Waals surface area contributed by atoms with Crippen LogP contribution in [0.2, 0.25) is 0 Å². The summed E-state index contributed by atoms with van der Waals surface area (Å²) in [7, 11) is 0. The minimum absolute atomic E-state index is 0.317. The van der Waals surface area contributed by atoms with Crippen molar-refractivity contribution in [1.82, 2.24) is 0 Å². The predicted molar refractivity (Wildman–Crippen MR) is 54.7 cm³/mol. The molecule has 0 bridgehead atoms. The maximum Gasteiger partial charge on any atom is 0.227 e. The summed E-state index contributed by atoms with van der Waals surface area (Å²) in [4.78, 5) is 20.7. The van der Waals surface area contributed by atoms with E-state index in [2.05, 4.69) is 0 Å². The standard InChI is InChI=1S/C10H12N2O3/c11-10(13)9(7-12(14)15)6-8-4-2-1-3-5-8/h1-5,9H,6-7H2,(H2,11,13)/t9-/m0/s1. The van der Waals surface area contributed by atoms with Gasteiger partial charge in [0.15, 0.2) is 0 Å². The normalized spacial score (nSPS) is 12.0. The first-order chi connectivity index (χ1) is 7.09. The Morgan fingerprint density at radius 3 is 2.47 bits per heavy atom. The van der Waals surface area contributed by atoms with Crippen molar-refractivity contribution in [2.75, 3.05) is 6.54 Å². The van der Waals surface area contributed by atoms with Gasteiger partial charge in [-0.3, -0.25) is 14.9 Å². The number of amides is 1. The molecule has 0 saturated carbocycles. The fourth-order valence-electron chi connectivity index (χ4n) is 1.33. The van der Waals surface area contributed by atoms with Gasteiger partial charge in [0, 0.05) is 4.92 Å². The number of primary amides is 1. The van der Waals surface area contributed by atoms with E-state index in [0.29, 0.717) is 6.42 Å². The van der Waals surface area contributed by atoms with Crippen LogP contribution in [0.1, 0.15) is 5.56 Å². The van der Waals surface area contributed by atoms with Gasteiger partial charge in [-0.1, -0.05) is 30.3 Å². The third-order valence-corrected chi connectivity index (χ3v) is 2.10. The summed E-state index contributed by atoms with van der Waals surface area (Å²) in [6.45, 7) is -0.412. The fraction of sp³-hybridized carbons (Fsp3) is 0.300. The van der Waals surface area contributed by atoms with Crippen molar-refractivity contribution in [3.8, 4) is 0 Å². The molecule has 0 unspecified atom stereocenters. The molecule has 0 aromatic heterocycles. The maximum absolute atomic E-state index is 11.0. The van der Waals surface area contributed by atoms with Gasteiger partial charge in [0.2, 0.25) is 12.5 Å². The molecule has 1 atom stereocenters. The molecule has 1 aromatic rings. The van der Waals surface area contributed by atoms with Crippen molar-refractivity contribution >= 4 is 5.91 Å². The summed E-state index contributed by atoms with van der Waals surface area (Å²) in [6.07, 6.45) is 0.317. The average Bonchev–Trinajstić information content (AvgIpc) is 2.17. The van der Waals surface area contributed by atoms with Crippen LogP contribution >= 0.6 is 0 Å². The van der Waals surface area contributed by atoms with Crippen molar-refractivity contribution in [2.24, 2.45) is 11.7 Å². The minimum atomic E-state index is -0.734. The van der Waals surface area contributed by atoms with E-state index in [1.165, 1.54) is 0 Å². The number of rotatable bonds is 5. The van der Waals surface area contributed by atoms with Gasteiger partial charge in [0.25, 0.3) is 0 Å². The molecule has 0 aliphatic carbocycles. The predicted octanol–water partition coefficient (Wildman–Crippen LogP) is 0.607. The molecular weight excluding hydrogens is 196 g/mol. The zero-order valence-corrected chi connectivity index (χ0v) is 8.13. The van der Waals surface area contributed by atoms with Crippen LogP contribution in [0.3, 0.4) is 0 Å². The van der Waals surface area contributed by atoms with E-state index in [-0.39, 0.29) is 0 Å². The molecule has 1 aromatic carbocycles. The molecule has 80 valence electrons. The van der Waals surface area contributed by atoms with Gasteiger partial charge in [-0.15, -0.1) is 0 Å². The third kappa shape index (κ3) is 3.76. The van der Waals surface area contributed by atoms with E-state index in [9.17, 15) is 14.9 Å². The highest BCUT2D eigenvalue weighted by molar-refractivity contribution is 5.77.